The van der Waals surface area contributed by atoms with Gasteiger partial charge in [0.1, 0.15) is 28.8 Å². The van der Waals surface area contributed by atoms with Crippen molar-refractivity contribution in [3.63, 3.8) is 0 Å². The summed E-state index contributed by atoms with van der Waals surface area (Å²) in [6.07, 6.45) is 1.67. The summed E-state index contributed by atoms with van der Waals surface area (Å²) in [5, 5.41) is 0. The fourth-order valence-electron chi connectivity index (χ4n) is 4.43. The molecule has 0 unspecified atom stereocenters. The Balaban J connectivity index is 1.45. The molecule has 1 fully saturated rings. The van der Waals surface area contributed by atoms with Gasteiger partial charge in [0.15, 0.2) is 5.58 Å². The van der Waals surface area contributed by atoms with E-state index in [0.717, 1.165) is 35.2 Å². The number of methoxy groups -OCH3 is 3. The minimum Gasteiger partial charge on any atom is -0.497 e. The van der Waals surface area contributed by atoms with E-state index in [1.54, 1.807) is 39.5 Å². The number of carbonyl (C=O) groups is 1. The van der Waals surface area contributed by atoms with Crippen LogP contribution in [0.25, 0.3) is 22.2 Å². The molecule has 1 aromatic heterocycles. The van der Waals surface area contributed by atoms with Gasteiger partial charge >= 0.3 is 0 Å². The average molecular weight is 459 g/mol. The highest BCUT2D eigenvalue weighted by atomic mass is 16.5. The fraction of sp³-hybridized carbons (Fsp3) is 0.259. The molecule has 0 spiro atoms. The van der Waals surface area contributed by atoms with Crippen molar-refractivity contribution in [2.75, 3.05) is 27.9 Å². The van der Waals surface area contributed by atoms with E-state index < -0.39 is 0 Å². The van der Waals surface area contributed by atoms with Gasteiger partial charge in [-0.15, -0.1) is 0 Å². The van der Waals surface area contributed by atoms with E-state index >= 15 is 0 Å². The molecule has 1 atom stereocenters. The topological polar surface area (TPSA) is 74.0 Å². The molecule has 7 heteroatoms. The minimum atomic E-state index is -0.225. The molecule has 4 aromatic rings. The molecule has 0 radical (unpaired) electrons. The van der Waals surface area contributed by atoms with Crippen molar-refractivity contribution in [3.05, 3.63) is 72.1 Å². The molecule has 174 valence electrons. The first-order valence-electron chi connectivity index (χ1n) is 11.2. The predicted molar refractivity (Wildman–Crippen MR) is 129 cm³/mol. The second-order valence-corrected chi connectivity index (χ2v) is 8.22. The Kier molecular flexibility index (Phi) is 5.84. The molecule has 0 bridgehead atoms. The molecular weight excluding hydrogens is 432 g/mol. The molecule has 1 aliphatic heterocycles. The second-order valence-electron chi connectivity index (χ2n) is 8.22. The van der Waals surface area contributed by atoms with E-state index in [9.17, 15) is 4.79 Å². The van der Waals surface area contributed by atoms with Crippen LogP contribution in [-0.4, -0.2) is 43.7 Å². The minimum absolute atomic E-state index is 0.0981. The average Bonchev–Trinajstić information content (AvgIpc) is 3.54. The van der Waals surface area contributed by atoms with Crippen LogP contribution in [0, 0.1) is 0 Å². The zero-order valence-corrected chi connectivity index (χ0v) is 19.4. The Labute approximate surface area is 197 Å². The molecule has 1 amide bonds. The smallest absolute Gasteiger partial charge is 0.254 e. The van der Waals surface area contributed by atoms with Crippen LogP contribution >= 0.6 is 0 Å². The van der Waals surface area contributed by atoms with Crippen LogP contribution in [0.3, 0.4) is 0 Å². The number of amides is 1. The molecule has 1 aliphatic rings. The quantitative estimate of drug-likeness (QED) is 0.380. The molecule has 0 N–H and O–H groups in total. The third-order valence-electron chi connectivity index (χ3n) is 6.20. The molecule has 34 heavy (non-hydrogen) atoms. The number of oxazole rings is 1. The number of ether oxygens (including phenoxy) is 3. The third kappa shape index (κ3) is 4.05. The van der Waals surface area contributed by atoms with Gasteiger partial charge in [-0.25, -0.2) is 4.98 Å². The van der Waals surface area contributed by atoms with E-state index in [2.05, 4.69) is 0 Å². The summed E-state index contributed by atoms with van der Waals surface area (Å²) in [5.74, 6) is 2.40. The van der Waals surface area contributed by atoms with Gasteiger partial charge in [-0.05, 0) is 60.4 Å². The SMILES string of the molecule is COc1cc(OC)cc(C(=O)N2CCC[C@@H]2c2nc3cc(-c4cccc(OC)c4)ccc3o2)c1. The molecule has 7 nitrogen and oxygen atoms in total. The van der Waals surface area contributed by atoms with E-state index in [4.69, 9.17) is 23.6 Å². The largest absolute Gasteiger partial charge is 0.497 e. The number of aromatic nitrogens is 1. The van der Waals surface area contributed by atoms with Gasteiger partial charge in [-0.1, -0.05) is 18.2 Å². The fourth-order valence-corrected chi connectivity index (χ4v) is 4.43. The van der Waals surface area contributed by atoms with Gasteiger partial charge < -0.3 is 23.5 Å². The lowest BCUT2D eigenvalue weighted by atomic mass is 10.1. The van der Waals surface area contributed by atoms with Crippen LogP contribution in [-0.2, 0) is 0 Å². The zero-order valence-electron chi connectivity index (χ0n) is 19.4. The summed E-state index contributed by atoms with van der Waals surface area (Å²) in [7, 11) is 4.79. The number of hydrogen-bond donors (Lipinski definition) is 0. The number of rotatable bonds is 6. The predicted octanol–water partition coefficient (Wildman–Crippen LogP) is 5.50. The van der Waals surface area contributed by atoms with Gasteiger partial charge in [0.25, 0.3) is 5.91 Å². The van der Waals surface area contributed by atoms with Crippen molar-refractivity contribution in [3.8, 4) is 28.4 Å². The highest BCUT2D eigenvalue weighted by molar-refractivity contribution is 5.95. The van der Waals surface area contributed by atoms with Crippen LogP contribution < -0.4 is 14.2 Å². The summed E-state index contributed by atoms with van der Waals surface area (Å²) < 4.78 is 22.1. The van der Waals surface area contributed by atoms with Crippen molar-refractivity contribution in [2.45, 2.75) is 18.9 Å². The molecule has 0 saturated carbocycles. The van der Waals surface area contributed by atoms with Gasteiger partial charge in [-0.2, -0.15) is 0 Å². The van der Waals surface area contributed by atoms with Crippen LogP contribution in [0.4, 0.5) is 0 Å². The third-order valence-corrected chi connectivity index (χ3v) is 6.20. The normalized spacial score (nSPS) is 15.5. The Hall–Kier alpha value is -4.00. The monoisotopic (exact) mass is 458 g/mol. The van der Waals surface area contributed by atoms with Crippen LogP contribution in [0.2, 0.25) is 0 Å². The van der Waals surface area contributed by atoms with E-state index in [1.807, 2.05) is 47.4 Å². The molecule has 3 aromatic carbocycles. The molecule has 2 heterocycles. The highest BCUT2D eigenvalue weighted by Crippen LogP contribution is 2.36. The van der Waals surface area contributed by atoms with Crippen molar-refractivity contribution in [1.82, 2.24) is 9.88 Å². The van der Waals surface area contributed by atoms with Gasteiger partial charge in [-0.3, -0.25) is 4.79 Å². The van der Waals surface area contributed by atoms with Gasteiger partial charge in [0.2, 0.25) is 5.89 Å². The van der Waals surface area contributed by atoms with Crippen LogP contribution in [0.1, 0.15) is 35.1 Å². The Bertz CT molecular complexity index is 1320. The lowest BCUT2D eigenvalue weighted by Gasteiger charge is -2.22. The number of carbonyl (C=O) groups excluding carboxylic acids is 1. The first kappa shape index (κ1) is 21.8. The Morgan fingerprint density at radius 1 is 0.912 bits per heavy atom. The number of fused-ring (bicyclic) bond motifs is 1. The molecular formula is C27H26N2O5. The van der Waals surface area contributed by atoms with E-state index in [-0.39, 0.29) is 11.9 Å². The Morgan fingerprint density at radius 2 is 1.65 bits per heavy atom. The molecule has 5 rings (SSSR count). The number of hydrogen-bond acceptors (Lipinski definition) is 6. The lowest BCUT2D eigenvalue weighted by molar-refractivity contribution is 0.0716. The van der Waals surface area contributed by atoms with Gasteiger partial charge in [0, 0.05) is 18.2 Å². The van der Waals surface area contributed by atoms with Crippen molar-refractivity contribution < 1.29 is 23.4 Å². The summed E-state index contributed by atoms with van der Waals surface area (Å²) in [5.41, 5.74) is 4.03. The Morgan fingerprint density at radius 3 is 2.38 bits per heavy atom. The first-order chi connectivity index (χ1) is 16.6. The molecule has 1 saturated heterocycles. The summed E-state index contributed by atoms with van der Waals surface area (Å²) in [4.78, 5) is 20.0. The van der Waals surface area contributed by atoms with Crippen molar-refractivity contribution >= 4 is 17.0 Å². The van der Waals surface area contributed by atoms with Crippen LogP contribution in [0.5, 0.6) is 17.2 Å². The number of nitrogens with zero attached hydrogens (tertiary/aromatic N) is 2. The van der Waals surface area contributed by atoms with E-state index in [0.29, 0.717) is 35.1 Å². The van der Waals surface area contributed by atoms with Crippen LogP contribution in [0.15, 0.2) is 65.1 Å². The zero-order chi connectivity index (χ0) is 23.7. The number of benzene rings is 3. The lowest BCUT2D eigenvalue weighted by Crippen LogP contribution is -2.30. The maximum atomic E-state index is 13.4. The van der Waals surface area contributed by atoms with Gasteiger partial charge in [0.05, 0.1) is 21.3 Å². The summed E-state index contributed by atoms with van der Waals surface area (Å²) in [6, 6.07) is 18.8. The van der Waals surface area contributed by atoms with Crippen molar-refractivity contribution in [1.29, 1.82) is 0 Å². The summed E-state index contributed by atoms with van der Waals surface area (Å²) >= 11 is 0. The maximum Gasteiger partial charge on any atom is 0.254 e. The standard InChI is InChI=1S/C27H26N2O5/c1-31-20-7-4-6-17(12-20)18-9-10-25-23(15-18)28-26(34-25)24-8-5-11-29(24)27(30)19-13-21(32-2)16-22(14-19)33-3/h4,6-7,9-10,12-16,24H,5,8,11H2,1-3H3/t24-/m1/s1. The highest BCUT2D eigenvalue weighted by Gasteiger charge is 2.34. The van der Waals surface area contributed by atoms with E-state index in [1.165, 1.54) is 0 Å². The first-order valence-corrected chi connectivity index (χ1v) is 11.2. The van der Waals surface area contributed by atoms with Crippen molar-refractivity contribution in [2.24, 2.45) is 0 Å². The summed E-state index contributed by atoms with van der Waals surface area (Å²) in [6.45, 7) is 0.636. The second kappa shape index (κ2) is 9.09. The number of likely N-dealkylation sites (tertiary alicyclic amines) is 1. The maximum absolute atomic E-state index is 13.4. The molecule has 0 aliphatic carbocycles.